The molecular formula is C11H16N2O3S. The molecule has 1 aromatic rings. The first-order valence-corrected chi connectivity index (χ1v) is 6.46. The van der Waals surface area contributed by atoms with Gasteiger partial charge in [-0.25, -0.2) is 12.7 Å². The van der Waals surface area contributed by atoms with Crippen molar-refractivity contribution in [2.24, 2.45) is 0 Å². The largest absolute Gasteiger partial charge is 0.310 e. The van der Waals surface area contributed by atoms with Crippen LogP contribution < -0.4 is 5.56 Å². The van der Waals surface area contributed by atoms with Crippen LogP contribution in [0.25, 0.3) is 0 Å². The Morgan fingerprint density at radius 2 is 2.00 bits per heavy atom. The quantitative estimate of drug-likeness (QED) is 0.744. The third-order valence-electron chi connectivity index (χ3n) is 2.18. The van der Waals surface area contributed by atoms with E-state index in [1.54, 1.807) is 6.92 Å². The van der Waals surface area contributed by atoms with Crippen molar-refractivity contribution >= 4 is 10.0 Å². The monoisotopic (exact) mass is 256 g/mol. The summed E-state index contributed by atoms with van der Waals surface area (Å²) in [4.78, 5) is 11.6. The molecule has 1 rings (SSSR count). The van der Waals surface area contributed by atoms with Crippen LogP contribution in [0.5, 0.6) is 0 Å². The summed E-state index contributed by atoms with van der Waals surface area (Å²) in [6, 6.07) is 2.56. The Bertz CT molecular complexity index is 585. The third-order valence-corrected chi connectivity index (χ3v) is 3.97. The Kier molecular flexibility index (Phi) is 3.90. The molecule has 0 saturated carbocycles. The lowest BCUT2D eigenvalue weighted by Gasteiger charge is -2.13. The van der Waals surface area contributed by atoms with Gasteiger partial charge in [0.2, 0.25) is 10.0 Å². The Hall–Kier alpha value is -1.40. The number of hydrogen-bond donors (Lipinski definition) is 0. The van der Waals surface area contributed by atoms with Gasteiger partial charge in [0.15, 0.2) is 0 Å². The summed E-state index contributed by atoms with van der Waals surface area (Å²) in [5, 5.41) is 0. The standard InChI is InChI=1S/C11H16N2O3S/c1-9(2)7-13-8-10(5-6-11(13)14)17(15,16)12(3)4/h5-6,8H,1,7H2,2-4H3. The first-order chi connectivity index (χ1) is 7.75. The van der Waals surface area contributed by atoms with Gasteiger partial charge in [-0.2, -0.15) is 0 Å². The molecular weight excluding hydrogens is 240 g/mol. The molecule has 0 aliphatic rings. The van der Waals surface area contributed by atoms with Gasteiger partial charge in [0.25, 0.3) is 5.56 Å². The lowest BCUT2D eigenvalue weighted by Crippen LogP contribution is -2.26. The molecule has 0 fully saturated rings. The van der Waals surface area contributed by atoms with Crippen molar-refractivity contribution in [3.05, 3.63) is 40.8 Å². The smallest absolute Gasteiger partial charge is 0.250 e. The average Bonchev–Trinajstić information content (AvgIpc) is 2.20. The Balaban J connectivity index is 3.31. The van der Waals surface area contributed by atoms with Crippen molar-refractivity contribution in [2.45, 2.75) is 18.4 Å². The van der Waals surface area contributed by atoms with Crippen molar-refractivity contribution in [2.75, 3.05) is 14.1 Å². The molecule has 1 aromatic heterocycles. The normalized spacial score (nSPS) is 11.8. The summed E-state index contributed by atoms with van der Waals surface area (Å²) in [7, 11) is -0.612. The van der Waals surface area contributed by atoms with E-state index in [0.29, 0.717) is 6.54 Å². The summed E-state index contributed by atoms with van der Waals surface area (Å²) in [5.74, 6) is 0. The van der Waals surface area contributed by atoms with Crippen molar-refractivity contribution in [3.8, 4) is 0 Å². The third kappa shape index (κ3) is 3.04. The van der Waals surface area contributed by atoms with Crippen LogP contribution in [0.15, 0.2) is 40.2 Å². The second kappa shape index (κ2) is 4.85. The summed E-state index contributed by atoms with van der Waals surface area (Å²) < 4.78 is 26.2. The highest BCUT2D eigenvalue weighted by Crippen LogP contribution is 2.10. The Labute approximate surface area is 101 Å². The van der Waals surface area contributed by atoms with E-state index in [9.17, 15) is 13.2 Å². The van der Waals surface area contributed by atoms with E-state index in [-0.39, 0.29) is 10.5 Å². The number of aromatic nitrogens is 1. The molecule has 0 aromatic carbocycles. The van der Waals surface area contributed by atoms with Gasteiger partial charge in [0.1, 0.15) is 0 Å². The Morgan fingerprint density at radius 1 is 1.41 bits per heavy atom. The van der Waals surface area contributed by atoms with Gasteiger partial charge in [-0.1, -0.05) is 12.2 Å². The van der Waals surface area contributed by atoms with Crippen LogP contribution in [0.1, 0.15) is 6.92 Å². The molecule has 0 spiro atoms. The number of rotatable bonds is 4. The zero-order valence-corrected chi connectivity index (χ0v) is 11.0. The molecule has 0 N–H and O–H groups in total. The fourth-order valence-corrected chi connectivity index (χ4v) is 2.21. The molecule has 5 nitrogen and oxygen atoms in total. The maximum absolute atomic E-state index is 11.9. The van der Waals surface area contributed by atoms with E-state index >= 15 is 0 Å². The van der Waals surface area contributed by atoms with Gasteiger partial charge in [-0.3, -0.25) is 4.79 Å². The number of nitrogens with zero attached hydrogens (tertiary/aromatic N) is 2. The highest BCUT2D eigenvalue weighted by atomic mass is 32.2. The van der Waals surface area contributed by atoms with E-state index in [2.05, 4.69) is 6.58 Å². The summed E-state index contributed by atoms with van der Waals surface area (Å²) >= 11 is 0. The summed E-state index contributed by atoms with van der Waals surface area (Å²) in [5.41, 5.74) is 0.539. The lowest BCUT2D eigenvalue weighted by atomic mass is 10.3. The minimum atomic E-state index is -3.51. The fourth-order valence-electron chi connectivity index (χ4n) is 1.29. The summed E-state index contributed by atoms with van der Waals surface area (Å²) in [6.07, 6.45) is 1.34. The molecule has 0 amide bonds. The molecule has 0 saturated heterocycles. The molecule has 0 bridgehead atoms. The fraction of sp³-hybridized carbons (Fsp3) is 0.364. The molecule has 1 heterocycles. The number of allylic oxidation sites excluding steroid dienone is 1. The van der Waals surface area contributed by atoms with Crippen molar-refractivity contribution in [1.29, 1.82) is 0 Å². The van der Waals surface area contributed by atoms with Crippen LogP contribution in [-0.4, -0.2) is 31.4 Å². The number of sulfonamides is 1. The van der Waals surface area contributed by atoms with Crippen LogP contribution in [0, 0.1) is 0 Å². The van der Waals surface area contributed by atoms with Gasteiger partial charge in [0, 0.05) is 32.9 Å². The molecule has 0 aliphatic carbocycles. The van der Waals surface area contributed by atoms with E-state index in [1.807, 2.05) is 0 Å². The molecule has 0 aliphatic heterocycles. The van der Waals surface area contributed by atoms with Crippen molar-refractivity contribution < 1.29 is 8.42 Å². The van der Waals surface area contributed by atoms with Crippen LogP contribution in [-0.2, 0) is 16.6 Å². The molecule has 17 heavy (non-hydrogen) atoms. The lowest BCUT2D eigenvalue weighted by molar-refractivity contribution is 0.519. The van der Waals surface area contributed by atoms with E-state index in [0.717, 1.165) is 9.88 Å². The van der Waals surface area contributed by atoms with Crippen LogP contribution >= 0.6 is 0 Å². The molecule has 6 heteroatoms. The molecule has 94 valence electrons. The predicted molar refractivity (Wildman–Crippen MR) is 66.4 cm³/mol. The van der Waals surface area contributed by atoms with Gasteiger partial charge in [-0.15, -0.1) is 0 Å². The topological polar surface area (TPSA) is 59.4 Å². The van der Waals surface area contributed by atoms with Gasteiger partial charge in [-0.05, 0) is 13.0 Å². The minimum absolute atomic E-state index is 0.100. The second-order valence-corrected chi connectivity index (χ2v) is 6.23. The van der Waals surface area contributed by atoms with E-state index in [4.69, 9.17) is 0 Å². The first-order valence-electron chi connectivity index (χ1n) is 5.02. The highest BCUT2D eigenvalue weighted by Gasteiger charge is 2.17. The van der Waals surface area contributed by atoms with Crippen molar-refractivity contribution in [3.63, 3.8) is 0 Å². The zero-order chi connectivity index (χ0) is 13.2. The van der Waals surface area contributed by atoms with Crippen molar-refractivity contribution in [1.82, 2.24) is 8.87 Å². The molecule has 0 unspecified atom stereocenters. The Morgan fingerprint density at radius 3 is 2.47 bits per heavy atom. The summed E-state index contributed by atoms with van der Waals surface area (Å²) in [6.45, 7) is 5.79. The molecule has 0 radical (unpaired) electrons. The minimum Gasteiger partial charge on any atom is -0.310 e. The number of pyridine rings is 1. The van der Waals surface area contributed by atoms with Gasteiger partial charge < -0.3 is 4.57 Å². The van der Waals surface area contributed by atoms with E-state index in [1.165, 1.54) is 37.0 Å². The zero-order valence-electron chi connectivity index (χ0n) is 10.2. The maximum Gasteiger partial charge on any atom is 0.250 e. The van der Waals surface area contributed by atoms with Gasteiger partial charge in [0.05, 0.1) is 4.90 Å². The van der Waals surface area contributed by atoms with Crippen LogP contribution in [0.3, 0.4) is 0 Å². The predicted octanol–water partition coefficient (Wildman–Crippen LogP) is 0.675. The first kappa shape index (κ1) is 13.7. The SMILES string of the molecule is C=C(C)Cn1cc(S(=O)(=O)N(C)C)ccc1=O. The number of hydrogen-bond acceptors (Lipinski definition) is 3. The van der Waals surface area contributed by atoms with Crippen LogP contribution in [0.4, 0.5) is 0 Å². The maximum atomic E-state index is 11.9. The highest BCUT2D eigenvalue weighted by molar-refractivity contribution is 7.89. The van der Waals surface area contributed by atoms with Crippen LogP contribution in [0.2, 0.25) is 0 Å². The van der Waals surface area contributed by atoms with E-state index < -0.39 is 10.0 Å². The van der Waals surface area contributed by atoms with Gasteiger partial charge >= 0.3 is 0 Å². The second-order valence-electron chi connectivity index (χ2n) is 4.08. The average molecular weight is 256 g/mol. The molecule has 0 atom stereocenters.